The van der Waals surface area contributed by atoms with Gasteiger partial charge in [-0.2, -0.15) is 0 Å². The van der Waals surface area contributed by atoms with Crippen molar-refractivity contribution in [1.29, 1.82) is 0 Å². The predicted molar refractivity (Wildman–Crippen MR) is 489 cm³/mol. The maximum Gasteiger partial charge on any atom is 0.135 e. The van der Waals surface area contributed by atoms with Crippen LogP contribution >= 0.6 is 11.3 Å². The highest BCUT2D eigenvalue weighted by Crippen LogP contribution is 2.49. The molecule has 0 radical (unpaired) electrons. The topological polar surface area (TPSA) is 19.6 Å². The van der Waals surface area contributed by atoms with E-state index >= 15 is 0 Å². The fourth-order valence-corrected chi connectivity index (χ4v) is 19.4. The summed E-state index contributed by atoms with van der Waals surface area (Å²) in [5, 5.41) is 24.7. The van der Waals surface area contributed by atoms with E-state index in [9.17, 15) is 0 Å². The molecule has 0 amide bonds. The Balaban J connectivity index is 0.629. The van der Waals surface area contributed by atoms with Crippen molar-refractivity contribution in [3.63, 3.8) is 0 Å². The van der Waals surface area contributed by atoms with Gasteiger partial charge in [-0.3, -0.25) is 0 Å². The molecule has 0 atom stereocenters. The number of furan rings is 1. The van der Waals surface area contributed by atoms with E-state index < -0.39 is 0 Å². The Morgan fingerprint density at radius 1 is 0.167 bits per heavy atom. The first-order chi connectivity index (χ1) is 56.4. The molecular weight excluding hydrogens is 1400 g/mol. The zero-order valence-corrected chi connectivity index (χ0v) is 62.8. The van der Waals surface area contributed by atoms with Crippen molar-refractivity contribution < 1.29 is 4.42 Å². The summed E-state index contributed by atoms with van der Waals surface area (Å²) in [6, 6.07) is 153. The fourth-order valence-electron chi connectivity index (χ4n) is 18.2. The molecule has 0 bridgehead atoms. The molecule has 0 saturated carbocycles. The first-order valence-electron chi connectivity index (χ1n) is 39.1. The van der Waals surface area contributed by atoms with E-state index in [1.807, 2.05) is 17.4 Å². The standard InChI is InChI=1S/C110H68N2OS/c1-3-19-74-59-77(37-35-69(74)17-1)76-21-15-22-87(62-76)111(84-48-39-71(40-49-84)79-45-55-99-95-27-7-5-23-91(95)93-25-9-11-29-97(93)103(99)65-79)85-52-43-73(44-53-85)90-32-16-33-102-106-67-81(47-58-109(106)114-110(90)102)83-61-82(78-38-36-70-18-2-4-20-75(70)60-78)63-89(64-83)112(88-54-57-108-105(68-88)101-31-13-14-34-107(101)113-108)86-50-41-72(42-51-86)80-46-56-100-96-28-8-6-24-92(96)94-26-10-12-30-98(94)104(100)66-80/h1-68H. The summed E-state index contributed by atoms with van der Waals surface area (Å²) in [6.07, 6.45) is 0. The molecule has 0 aliphatic rings. The highest BCUT2D eigenvalue weighted by molar-refractivity contribution is 7.26. The van der Waals surface area contributed by atoms with Crippen LogP contribution in [0.5, 0.6) is 0 Å². The second-order valence-electron chi connectivity index (χ2n) is 30.2. The summed E-state index contributed by atoms with van der Waals surface area (Å²) in [4.78, 5) is 4.84. The van der Waals surface area contributed by atoms with Crippen molar-refractivity contribution >= 4 is 174 Å². The number of para-hydroxylation sites is 1. The number of hydrogen-bond acceptors (Lipinski definition) is 4. The Labute approximate surface area is 662 Å². The summed E-state index contributed by atoms with van der Waals surface area (Å²) < 4.78 is 9.01. The molecule has 23 aromatic rings. The van der Waals surface area contributed by atoms with Gasteiger partial charge >= 0.3 is 0 Å². The quantitative estimate of drug-likeness (QED) is 0.114. The minimum absolute atomic E-state index is 0.856. The second kappa shape index (κ2) is 26.5. The van der Waals surface area contributed by atoms with Gasteiger partial charge in [0.25, 0.3) is 0 Å². The van der Waals surface area contributed by atoms with Gasteiger partial charge in [-0.05, 0) is 280 Å². The Kier molecular flexibility index (Phi) is 15.2. The Hall–Kier alpha value is -14.7. The van der Waals surface area contributed by atoms with Gasteiger partial charge in [-0.15, -0.1) is 11.3 Å². The molecule has 2 aromatic heterocycles. The van der Waals surface area contributed by atoms with E-state index in [0.717, 1.165) is 95.0 Å². The number of thiophene rings is 1. The van der Waals surface area contributed by atoms with Gasteiger partial charge in [-0.25, -0.2) is 0 Å². The number of nitrogens with zero attached hydrogens (tertiary/aromatic N) is 2. The van der Waals surface area contributed by atoms with Crippen LogP contribution in [0, 0.1) is 0 Å². The van der Waals surface area contributed by atoms with Gasteiger partial charge in [0, 0.05) is 65.1 Å². The molecule has 530 valence electrons. The van der Waals surface area contributed by atoms with E-state index in [2.05, 4.69) is 416 Å². The fraction of sp³-hybridized carbons (Fsp3) is 0. The van der Waals surface area contributed by atoms with Gasteiger partial charge in [0.05, 0.1) is 0 Å². The number of rotatable bonds is 12. The molecule has 0 spiro atoms. The lowest BCUT2D eigenvalue weighted by molar-refractivity contribution is 0.669. The minimum atomic E-state index is 0.856. The molecule has 114 heavy (non-hydrogen) atoms. The van der Waals surface area contributed by atoms with Crippen molar-refractivity contribution in [3.8, 4) is 66.8 Å². The van der Waals surface area contributed by atoms with E-state index in [1.54, 1.807) is 0 Å². The molecule has 4 heteroatoms. The molecule has 0 aliphatic carbocycles. The first kappa shape index (κ1) is 65.2. The van der Waals surface area contributed by atoms with Crippen molar-refractivity contribution in [2.24, 2.45) is 0 Å². The highest BCUT2D eigenvalue weighted by atomic mass is 32.1. The number of anilines is 6. The van der Waals surface area contributed by atoms with Crippen molar-refractivity contribution in [1.82, 2.24) is 0 Å². The molecule has 3 nitrogen and oxygen atoms in total. The molecule has 0 aliphatic heterocycles. The minimum Gasteiger partial charge on any atom is -0.456 e. The van der Waals surface area contributed by atoms with E-state index in [0.29, 0.717) is 0 Å². The molecule has 21 aromatic carbocycles. The third kappa shape index (κ3) is 11.0. The molecular formula is C110H68N2OS. The maximum absolute atomic E-state index is 6.51. The summed E-state index contributed by atoms with van der Waals surface area (Å²) in [7, 11) is 0. The van der Waals surface area contributed by atoms with E-state index in [4.69, 9.17) is 4.42 Å². The van der Waals surface area contributed by atoms with Crippen LogP contribution in [0.2, 0.25) is 0 Å². The predicted octanol–water partition coefficient (Wildman–Crippen LogP) is 32.1. The van der Waals surface area contributed by atoms with Gasteiger partial charge in [0.1, 0.15) is 11.2 Å². The van der Waals surface area contributed by atoms with Crippen molar-refractivity contribution in [2.45, 2.75) is 0 Å². The van der Waals surface area contributed by atoms with Crippen LogP contribution < -0.4 is 9.80 Å². The highest BCUT2D eigenvalue weighted by Gasteiger charge is 2.23. The number of hydrogen-bond donors (Lipinski definition) is 0. The summed E-state index contributed by atoms with van der Waals surface area (Å²) in [6.45, 7) is 0. The Morgan fingerprint density at radius 3 is 1.08 bits per heavy atom. The monoisotopic (exact) mass is 1460 g/mol. The zero-order chi connectivity index (χ0) is 74.9. The Bertz CT molecular complexity index is 7790. The molecule has 0 saturated heterocycles. The summed E-state index contributed by atoms with van der Waals surface area (Å²) in [5.41, 5.74) is 22.0. The van der Waals surface area contributed by atoms with Gasteiger partial charge in [0.2, 0.25) is 0 Å². The lowest BCUT2D eigenvalue weighted by Crippen LogP contribution is -2.10. The molecule has 0 unspecified atom stereocenters. The summed E-state index contributed by atoms with van der Waals surface area (Å²) >= 11 is 1.87. The average molecular weight is 1470 g/mol. The van der Waals surface area contributed by atoms with Crippen LogP contribution in [0.4, 0.5) is 34.1 Å². The normalized spacial score (nSPS) is 11.9. The van der Waals surface area contributed by atoms with Crippen molar-refractivity contribution in [3.05, 3.63) is 413 Å². The Morgan fingerprint density at radius 2 is 0.526 bits per heavy atom. The third-order valence-electron chi connectivity index (χ3n) is 23.7. The number of benzene rings is 21. The molecule has 23 rings (SSSR count). The second-order valence-corrected chi connectivity index (χ2v) is 31.3. The van der Waals surface area contributed by atoms with Crippen LogP contribution in [0.3, 0.4) is 0 Å². The van der Waals surface area contributed by atoms with Crippen molar-refractivity contribution in [2.75, 3.05) is 9.80 Å². The number of fused-ring (bicyclic) bond motifs is 20. The van der Waals surface area contributed by atoms with Crippen LogP contribution in [0.25, 0.3) is 195 Å². The molecule has 0 N–H and O–H groups in total. The van der Waals surface area contributed by atoms with Gasteiger partial charge in [0.15, 0.2) is 0 Å². The summed E-state index contributed by atoms with van der Waals surface area (Å²) in [5.74, 6) is 0. The largest absolute Gasteiger partial charge is 0.456 e. The van der Waals surface area contributed by atoms with Crippen LogP contribution in [0.15, 0.2) is 417 Å². The van der Waals surface area contributed by atoms with Gasteiger partial charge < -0.3 is 14.2 Å². The van der Waals surface area contributed by atoms with E-state index in [1.165, 1.54) is 134 Å². The lowest BCUT2D eigenvalue weighted by Gasteiger charge is -2.27. The lowest BCUT2D eigenvalue weighted by atomic mass is 9.92. The average Bonchev–Trinajstić information content (AvgIpc) is 1.11. The van der Waals surface area contributed by atoms with E-state index in [-0.39, 0.29) is 0 Å². The smallest absolute Gasteiger partial charge is 0.135 e. The zero-order valence-electron chi connectivity index (χ0n) is 62.0. The van der Waals surface area contributed by atoms with Crippen LogP contribution in [-0.4, -0.2) is 0 Å². The molecule has 2 heterocycles. The van der Waals surface area contributed by atoms with Crippen LogP contribution in [-0.2, 0) is 0 Å². The SMILES string of the molecule is c1cc(-c2ccc3ccccc3c2)cc(N(c2ccc(-c3ccc4c5ccccc5c5ccccc5c4c3)cc2)c2ccc(-c3cccc4c3sc3ccc(-c5cc(-c6ccc7ccccc7c6)cc(N(c6ccc(-c7ccc8c9ccccc9c9ccccc9c8c7)cc6)c6ccc7oc8ccccc8c7c6)c5)cc34)cc2)c1. The molecule has 0 fully saturated rings. The van der Waals surface area contributed by atoms with Crippen LogP contribution in [0.1, 0.15) is 0 Å². The first-order valence-corrected chi connectivity index (χ1v) is 40.0. The maximum atomic E-state index is 6.51. The third-order valence-corrected chi connectivity index (χ3v) is 25.0. The van der Waals surface area contributed by atoms with Gasteiger partial charge in [-0.1, -0.05) is 285 Å².